The predicted molar refractivity (Wildman–Crippen MR) is 80.9 cm³/mol. The van der Waals surface area contributed by atoms with Crippen LogP contribution in [0.25, 0.3) is 0 Å². The van der Waals surface area contributed by atoms with E-state index in [4.69, 9.17) is 4.74 Å². The Hall–Kier alpha value is -1.88. The molecule has 1 aromatic carbocycles. The summed E-state index contributed by atoms with van der Waals surface area (Å²) in [6, 6.07) is 7.04. The fraction of sp³-hybridized carbons (Fsp3) is 0.500. The van der Waals surface area contributed by atoms with Crippen molar-refractivity contribution >= 4 is 17.5 Å². The summed E-state index contributed by atoms with van der Waals surface area (Å²) in [5.74, 6) is -0.206. The first kappa shape index (κ1) is 15.5. The fourth-order valence-corrected chi connectivity index (χ4v) is 2.53. The average Bonchev–Trinajstić information content (AvgIpc) is 2.46. The Morgan fingerprint density at radius 3 is 2.71 bits per heavy atom. The van der Waals surface area contributed by atoms with Gasteiger partial charge in [0.2, 0.25) is 5.91 Å². The SMILES string of the molecule is CCC1(C)NC(=O)C(C)N(c2cccc(COC)c2)C1=O. The lowest BCUT2D eigenvalue weighted by molar-refractivity contribution is -0.137. The van der Waals surface area contributed by atoms with Crippen LogP contribution >= 0.6 is 0 Å². The van der Waals surface area contributed by atoms with Crippen LogP contribution in [0, 0.1) is 0 Å². The summed E-state index contributed by atoms with van der Waals surface area (Å²) in [6.45, 7) is 5.88. The first-order chi connectivity index (χ1) is 9.92. The third kappa shape index (κ3) is 2.78. The predicted octanol–water partition coefficient (Wildman–Crippen LogP) is 1.85. The highest BCUT2D eigenvalue weighted by Crippen LogP contribution is 2.28. The summed E-state index contributed by atoms with van der Waals surface area (Å²) in [6.07, 6.45) is 0.554. The molecule has 1 N–H and O–H groups in total. The minimum Gasteiger partial charge on any atom is -0.380 e. The summed E-state index contributed by atoms with van der Waals surface area (Å²) < 4.78 is 5.12. The van der Waals surface area contributed by atoms with Crippen molar-refractivity contribution in [2.24, 2.45) is 0 Å². The quantitative estimate of drug-likeness (QED) is 0.920. The monoisotopic (exact) mass is 290 g/mol. The molecule has 5 heteroatoms. The number of rotatable bonds is 4. The average molecular weight is 290 g/mol. The van der Waals surface area contributed by atoms with Gasteiger partial charge in [-0.25, -0.2) is 0 Å². The summed E-state index contributed by atoms with van der Waals surface area (Å²) >= 11 is 0. The Labute approximate surface area is 125 Å². The maximum atomic E-state index is 12.8. The van der Waals surface area contributed by atoms with E-state index in [1.165, 1.54) is 0 Å². The maximum absolute atomic E-state index is 12.8. The van der Waals surface area contributed by atoms with E-state index in [0.29, 0.717) is 13.0 Å². The first-order valence-corrected chi connectivity index (χ1v) is 7.16. The number of hydrogen-bond donors (Lipinski definition) is 1. The second-order valence-electron chi connectivity index (χ2n) is 5.63. The van der Waals surface area contributed by atoms with Gasteiger partial charge in [-0.3, -0.25) is 14.5 Å². The third-order valence-corrected chi connectivity index (χ3v) is 4.06. The highest BCUT2D eigenvalue weighted by molar-refractivity contribution is 6.10. The Kier molecular flexibility index (Phi) is 4.32. The molecule has 1 aliphatic rings. The van der Waals surface area contributed by atoms with Gasteiger partial charge in [0.1, 0.15) is 11.6 Å². The van der Waals surface area contributed by atoms with Crippen molar-refractivity contribution in [2.45, 2.75) is 45.4 Å². The molecule has 0 aromatic heterocycles. The number of carbonyl (C=O) groups excluding carboxylic acids is 2. The molecule has 5 nitrogen and oxygen atoms in total. The van der Waals surface area contributed by atoms with E-state index < -0.39 is 11.6 Å². The Bertz CT molecular complexity index is 558. The summed E-state index contributed by atoms with van der Waals surface area (Å²) in [5, 5.41) is 2.83. The number of benzene rings is 1. The van der Waals surface area contributed by atoms with Crippen molar-refractivity contribution in [3.05, 3.63) is 29.8 Å². The number of ether oxygens (including phenoxy) is 1. The summed E-state index contributed by atoms with van der Waals surface area (Å²) in [4.78, 5) is 26.5. The van der Waals surface area contributed by atoms with E-state index in [-0.39, 0.29) is 11.8 Å². The van der Waals surface area contributed by atoms with Gasteiger partial charge in [0.25, 0.3) is 5.91 Å². The standard InChI is InChI=1S/C16H22N2O3/c1-5-16(3)15(20)18(11(2)14(19)17-16)13-8-6-7-12(9-13)10-21-4/h6-9,11H,5,10H2,1-4H3,(H,17,19). The van der Waals surface area contributed by atoms with Crippen LogP contribution in [0.5, 0.6) is 0 Å². The Balaban J connectivity index is 2.41. The van der Waals surface area contributed by atoms with Gasteiger partial charge in [0.05, 0.1) is 6.61 Å². The Morgan fingerprint density at radius 2 is 2.10 bits per heavy atom. The van der Waals surface area contributed by atoms with Crippen molar-refractivity contribution in [3.8, 4) is 0 Å². The van der Waals surface area contributed by atoms with Crippen LogP contribution < -0.4 is 10.2 Å². The van der Waals surface area contributed by atoms with Gasteiger partial charge in [0.15, 0.2) is 0 Å². The van der Waals surface area contributed by atoms with E-state index in [2.05, 4.69) is 5.32 Å². The zero-order valence-electron chi connectivity index (χ0n) is 13.0. The van der Waals surface area contributed by atoms with Crippen molar-refractivity contribution < 1.29 is 14.3 Å². The molecule has 21 heavy (non-hydrogen) atoms. The number of nitrogens with zero attached hydrogens (tertiary/aromatic N) is 1. The van der Waals surface area contributed by atoms with Crippen molar-refractivity contribution in [3.63, 3.8) is 0 Å². The molecule has 0 spiro atoms. The number of methoxy groups -OCH3 is 1. The van der Waals surface area contributed by atoms with Gasteiger partial charge < -0.3 is 10.1 Å². The number of nitrogens with one attached hydrogen (secondary N) is 1. The molecule has 2 unspecified atom stereocenters. The fourth-order valence-electron chi connectivity index (χ4n) is 2.53. The largest absolute Gasteiger partial charge is 0.380 e. The van der Waals surface area contributed by atoms with E-state index in [1.54, 1.807) is 25.9 Å². The van der Waals surface area contributed by atoms with Gasteiger partial charge >= 0.3 is 0 Å². The second-order valence-corrected chi connectivity index (χ2v) is 5.63. The number of amides is 2. The van der Waals surface area contributed by atoms with Crippen LogP contribution in [0.15, 0.2) is 24.3 Å². The number of carbonyl (C=O) groups is 2. The molecule has 2 rings (SSSR count). The van der Waals surface area contributed by atoms with Crippen LogP contribution in [0.3, 0.4) is 0 Å². The zero-order chi connectivity index (χ0) is 15.6. The third-order valence-electron chi connectivity index (χ3n) is 4.06. The molecule has 1 saturated heterocycles. The zero-order valence-corrected chi connectivity index (χ0v) is 13.0. The van der Waals surface area contributed by atoms with Crippen LogP contribution in [-0.2, 0) is 20.9 Å². The van der Waals surface area contributed by atoms with Gasteiger partial charge in [0, 0.05) is 12.8 Å². The molecule has 0 bridgehead atoms. The first-order valence-electron chi connectivity index (χ1n) is 7.16. The van der Waals surface area contributed by atoms with Gasteiger partial charge in [-0.1, -0.05) is 19.1 Å². The summed E-state index contributed by atoms with van der Waals surface area (Å²) in [7, 11) is 1.63. The van der Waals surface area contributed by atoms with E-state index >= 15 is 0 Å². The molecule has 0 saturated carbocycles. The van der Waals surface area contributed by atoms with Crippen LogP contribution in [0.2, 0.25) is 0 Å². The van der Waals surface area contributed by atoms with Gasteiger partial charge in [-0.2, -0.15) is 0 Å². The molecular formula is C16H22N2O3. The molecule has 114 valence electrons. The lowest BCUT2D eigenvalue weighted by atomic mass is 9.91. The lowest BCUT2D eigenvalue weighted by Gasteiger charge is -2.43. The summed E-state index contributed by atoms with van der Waals surface area (Å²) in [5.41, 5.74) is 0.858. The van der Waals surface area contributed by atoms with Crippen LogP contribution in [0.1, 0.15) is 32.8 Å². The molecule has 1 aliphatic heterocycles. The number of anilines is 1. The van der Waals surface area contributed by atoms with Crippen molar-refractivity contribution in [1.29, 1.82) is 0 Å². The lowest BCUT2D eigenvalue weighted by Crippen LogP contribution is -2.68. The second kappa shape index (κ2) is 5.85. The Morgan fingerprint density at radius 1 is 1.38 bits per heavy atom. The molecule has 1 heterocycles. The molecule has 2 amide bonds. The topological polar surface area (TPSA) is 58.6 Å². The number of piperazine rings is 1. The van der Waals surface area contributed by atoms with Gasteiger partial charge in [-0.15, -0.1) is 0 Å². The molecule has 0 aliphatic carbocycles. The molecule has 1 aromatic rings. The minimum absolute atomic E-state index is 0.0772. The molecular weight excluding hydrogens is 268 g/mol. The molecule has 2 atom stereocenters. The van der Waals surface area contributed by atoms with Crippen molar-refractivity contribution in [1.82, 2.24) is 5.32 Å². The number of hydrogen-bond acceptors (Lipinski definition) is 3. The highest BCUT2D eigenvalue weighted by atomic mass is 16.5. The van der Waals surface area contributed by atoms with Crippen LogP contribution in [-0.4, -0.2) is 30.5 Å². The van der Waals surface area contributed by atoms with Gasteiger partial charge in [-0.05, 0) is 38.0 Å². The van der Waals surface area contributed by atoms with Crippen LogP contribution in [0.4, 0.5) is 5.69 Å². The van der Waals surface area contributed by atoms with Crippen molar-refractivity contribution in [2.75, 3.05) is 12.0 Å². The minimum atomic E-state index is -0.846. The molecule has 0 radical (unpaired) electrons. The smallest absolute Gasteiger partial charge is 0.253 e. The van der Waals surface area contributed by atoms with E-state index in [0.717, 1.165) is 11.3 Å². The van der Waals surface area contributed by atoms with E-state index in [1.807, 2.05) is 31.2 Å². The maximum Gasteiger partial charge on any atom is 0.253 e. The molecule has 1 fully saturated rings. The van der Waals surface area contributed by atoms with E-state index in [9.17, 15) is 9.59 Å². The normalized spacial score (nSPS) is 25.9. The highest BCUT2D eigenvalue weighted by Gasteiger charge is 2.45.